The Hall–Kier alpha value is -1.62. The van der Waals surface area contributed by atoms with Crippen LogP contribution in [0.15, 0.2) is 18.3 Å². The van der Waals surface area contributed by atoms with Gasteiger partial charge < -0.3 is 16.0 Å². The average molecular weight is 250 g/mol. The lowest BCUT2D eigenvalue weighted by atomic mass is 10.1. The van der Waals surface area contributed by atoms with Crippen LogP contribution < -0.4 is 16.0 Å². The highest BCUT2D eigenvalue weighted by Crippen LogP contribution is 2.16. The van der Waals surface area contributed by atoms with Gasteiger partial charge in [0, 0.05) is 30.9 Å². The number of hydrogen-bond acceptors (Lipinski definition) is 4. The first-order chi connectivity index (χ1) is 8.29. The van der Waals surface area contributed by atoms with E-state index in [9.17, 15) is 4.79 Å². The molecule has 0 radical (unpaired) electrons. The first-order valence-electron chi connectivity index (χ1n) is 5.98. The lowest BCUT2D eigenvalue weighted by molar-refractivity contribution is -0.116. The van der Waals surface area contributed by atoms with Crippen LogP contribution in [0, 0.1) is 0 Å². The van der Waals surface area contributed by atoms with Gasteiger partial charge in [0.25, 0.3) is 0 Å². The monoisotopic (exact) mass is 250 g/mol. The second-order valence-electron chi connectivity index (χ2n) is 5.41. The van der Waals surface area contributed by atoms with Gasteiger partial charge in [0.05, 0.1) is 6.54 Å². The van der Waals surface area contributed by atoms with Crippen molar-refractivity contribution in [3.05, 3.63) is 23.9 Å². The fourth-order valence-electron chi connectivity index (χ4n) is 1.58. The van der Waals surface area contributed by atoms with Gasteiger partial charge in [-0.25, -0.2) is 4.98 Å². The molecule has 0 saturated heterocycles. The Labute approximate surface area is 108 Å². The third-order valence-electron chi connectivity index (χ3n) is 2.43. The fourth-order valence-corrected chi connectivity index (χ4v) is 1.58. The van der Waals surface area contributed by atoms with Gasteiger partial charge in [-0.1, -0.05) is 6.07 Å². The van der Waals surface area contributed by atoms with Crippen LogP contribution in [0.3, 0.4) is 0 Å². The number of nitrogens with one attached hydrogen (secondary N) is 1. The Morgan fingerprint density at radius 2 is 2.17 bits per heavy atom. The standard InChI is InChI=1S/C13H22N4O/c1-13(2,3)16-8-10-6-5-7-15-12(10)17(4)9-11(14)18/h5-7,16H,8-9H2,1-4H3,(H2,14,18). The van der Waals surface area contributed by atoms with Crippen molar-refractivity contribution in [2.45, 2.75) is 32.9 Å². The molecule has 0 atom stereocenters. The zero-order valence-corrected chi connectivity index (χ0v) is 11.5. The smallest absolute Gasteiger partial charge is 0.236 e. The summed E-state index contributed by atoms with van der Waals surface area (Å²) in [5.74, 6) is 0.422. The summed E-state index contributed by atoms with van der Waals surface area (Å²) in [5, 5.41) is 3.40. The molecule has 0 fully saturated rings. The molecule has 5 nitrogen and oxygen atoms in total. The molecule has 0 aliphatic carbocycles. The molecule has 1 amide bonds. The maximum Gasteiger partial charge on any atom is 0.236 e. The summed E-state index contributed by atoms with van der Waals surface area (Å²) >= 11 is 0. The normalized spacial score (nSPS) is 11.3. The molecule has 0 saturated carbocycles. The number of primary amides is 1. The number of amides is 1. The van der Waals surface area contributed by atoms with Gasteiger partial charge in [0.2, 0.25) is 5.91 Å². The average Bonchev–Trinajstić information content (AvgIpc) is 2.25. The van der Waals surface area contributed by atoms with Gasteiger partial charge in [-0.15, -0.1) is 0 Å². The largest absolute Gasteiger partial charge is 0.368 e. The molecule has 0 aliphatic rings. The number of rotatable bonds is 5. The minimum absolute atomic E-state index is 0.0371. The molecule has 0 spiro atoms. The number of nitrogens with two attached hydrogens (primary N) is 1. The van der Waals surface area contributed by atoms with Crippen molar-refractivity contribution in [3.8, 4) is 0 Å². The number of nitrogens with zero attached hydrogens (tertiary/aromatic N) is 2. The summed E-state index contributed by atoms with van der Waals surface area (Å²) < 4.78 is 0. The van der Waals surface area contributed by atoms with Crippen LogP contribution in [0.5, 0.6) is 0 Å². The molecule has 1 heterocycles. The van der Waals surface area contributed by atoms with Crippen LogP contribution in [0.1, 0.15) is 26.3 Å². The Balaban J connectivity index is 2.82. The molecular formula is C13H22N4O. The van der Waals surface area contributed by atoms with Gasteiger partial charge >= 0.3 is 0 Å². The third-order valence-corrected chi connectivity index (χ3v) is 2.43. The molecule has 5 heteroatoms. The molecule has 100 valence electrons. The summed E-state index contributed by atoms with van der Waals surface area (Å²) in [6, 6.07) is 3.89. The van der Waals surface area contributed by atoms with E-state index in [0.717, 1.165) is 11.4 Å². The SMILES string of the molecule is CN(CC(N)=O)c1ncccc1CNC(C)(C)C. The maximum absolute atomic E-state index is 10.9. The number of carbonyl (C=O) groups excluding carboxylic acids is 1. The number of carbonyl (C=O) groups is 1. The van der Waals surface area contributed by atoms with E-state index in [1.54, 1.807) is 11.1 Å². The summed E-state index contributed by atoms with van der Waals surface area (Å²) in [5.41, 5.74) is 6.29. The number of pyridine rings is 1. The highest BCUT2D eigenvalue weighted by Gasteiger charge is 2.13. The van der Waals surface area contributed by atoms with E-state index in [1.807, 2.05) is 19.2 Å². The van der Waals surface area contributed by atoms with Crippen molar-refractivity contribution in [3.63, 3.8) is 0 Å². The highest BCUT2D eigenvalue weighted by molar-refractivity contribution is 5.79. The molecule has 0 aliphatic heterocycles. The summed E-state index contributed by atoms with van der Waals surface area (Å²) in [6.45, 7) is 7.19. The topological polar surface area (TPSA) is 71.2 Å². The summed E-state index contributed by atoms with van der Waals surface area (Å²) in [7, 11) is 1.81. The van der Waals surface area contributed by atoms with Crippen LogP contribution in [-0.4, -0.2) is 30.0 Å². The van der Waals surface area contributed by atoms with Crippen LogP contribution in [0.25, 0.3) is 0 Å². The first kappa shape index (κ1) is 14.4. The quantitative estimate of drug-likeness (QED) is 0.814. The van der Waals surface area contributed by atoms with Crippen LogP contribution in [0.4, 0.5) is 5.82 Å². The minimum atomic E-state index is -0.363. The van der Waals surface area contributed by atoms with E-state index in [-0.39, 0.29) is 18.0 Å². The summed E-state index contributed by atoms with van der Waals surface area (Å²) in [6.07, 6.45) is 1.72. The molecule has 0 aromatic carbocycles. The number of likely N-dealkylation sites (N-methyl/N-ethyl adjacent to an activating group) is 1. The molecule has 0 bridgehead atoms. The van der Waals surface area contributed by atoms with Gasteiger partial charge in [-0.3, -0.25) is 4.79 Å². The lowest BCUT2D eigenvalue weighted by Gasteiger charge is -2.24. The summed E-state index contributed by atoms with van der Waals surface area (Å²) in [4.78, 5) is 17.0. The van der Waals surface area contributed by atoms with E-state index in [4.69, 9.17) is 5.73 Å². The van der Waals surface area contributed by atoms with E-state index in [1.165, 1.54) is 0 Å². The predicted molar refractivity (Wildman–Crippen MR) is 73.3 cm³/mol. The van der Waals surface area contributed by atoms with E-state index < -0.39 is 0 Å². The van der Waals surface area contributed by atoms with E-state index in [0.29, 0.717) is 6.54 Å². The van der Waals surface area contributed by atoms with Gasteiger partial charge in [-0.05, 0) is 26.8 Å². The number of aromatic nitrogens is 1. The molecule has 3 N–H and O–H groups in total. The van der Waals surface area contributed by atoms with Crippen LogP contribution >= 0.6 is 0 Å². The van der Waals surface area contributed by atoms with Crippen molar-refractivity contribution in [2.24, 2.45) is 5.73 Å². The lowest BCUT2D eigenvalue weighted by Crippen LogP contribution is -2.36. The molecule has 18 heavy (non-hydrogen) atoms. The third kappa shape index (κ3) is 4.71. The fraction of sp³-hybridized carbons (Fsp3) is 0.538. The zero-order chi connectivity index (χ0) is 13.8. The van der Waals surface area contributed by atoms with Crippen molar-refractivity contribution < 1.29 is 4.79 Å². The Morgan fingerprint density at radius 1 is 1.50 bits per heavy atom. The highest BCUT2D eigenvalue weighted by atomic mass is 16.1. The van der Waals surface area contributed by atoms with Crippen molar-refractivity contribution >= 4 is 11.7 Å². The molecule has 1 aromatic rings. The first-order valence-corrected chi connectivity index (χ1v) is 5.98. The molecule has 1 rings (SSSR count). The Kier molecular flexibility index (Phi) is 4.67. The minimum Gasteiger partial charge on any atom is -0.368 e. The van der Waals surface area contributed by atoms with Crippen molar-refractivity contribution in [2.75, 3.05) is 18.5 Å². The van der Waals surface area contributed by atoms with E-state index >= 15 is 0 Å². The second-order valence-corrected chi connectivity index (χ2v) is 5.41. The van der Waals surface area contributed by atoms with Crippen LogP contribution in [-0.2, 0) is 11.3 Å². The zero-order valence-electron chi connectivity index (χ0n) is 11.5. The van der Waals surface area contributed by atoms with E-state index in [2.05, 4.69) is 31.1 Å². The maximum atomic E-state index is 10.9. The predicted octanol–water partition coefficient (Wildman–Crippen LogP) is 0.891. The van der Waals surface area contributed by atoms with Crippen molar-refractivity contribution in [1.82, 2.24) is 10.3 Å². The second kappa shape index (κ2) is 5.82. The number of hydrogen-bond donors (Lipinski definition) is 2. The van der Waals surface area contributed by atoms with Crippen LogP contribution in [0.2, 0.25) is 0 Å². The Bertz CT molecular complexity index is 412. The van der Waals surface area contributed by atoms with Gasteiger partial charge in [0.1, 0.15) is 5.82 Å². The van der Waals surface area contributed by atoms with Gasteiger partial charge in [-0.2, -0.15) is 0 Å². The Morgan fingerprint density at radius 3 is 2.72 bits per heavy atom. The molecule has 1 aromatic heterocycles. The molecule has 0 unspecified atom stereocenters. The molecular weight excluding hydrogens is 228 g/mol. The number of anilines is 1. The van der Waals surface area contributed by atoms with Crippen molar-refractivity contribution in [1.29, 1.82) is 0 Å². The van der Waals surface area contributed by atoms with Gasteiger partial charge in [0.15, 0.2) is 0 Å².